The van der Waals surface area contributed by atoms with Gasteiger partial charge >= 0.3 is 0 Å². The lowest BCUT2D eigenvalue weighted by atomic mass is 10.0. The molecule has 1 saturated carbocycles. The van der Waals surface area contributed by atoms with E-state index < -0.39 is 5.60 Å². The van der Waals surface area contributed by atoms with E-state index in [1.165, 1.54) is 5.56 Å². The summed E-state index contributed by atoms with van der Waals surface area (Å²) in [5, 5.41) is 10.5. The predicted octanol–water partition coefficient (Wildman–Crippen LogP) is 3.43. The lowest BCUT2D eigenvalue weighted by Crippen LogP contribution is -2.42. The molecule has 4 heteroatoms. The van der Waals surface area contributed by atoms with Gasteiger partial charge in [-0.15, -0.1) is 0 Å². The van der Waals surface area contributed by atoms with Gasteiger partial charge in [-0.2, -0.15) is 0 Å². The van der Waals surface area contributed by atoms with E-state index in [0.29, 0.717) is 12.1 Å². The van der Waals surface area contributed by atoms with Crippen molar-refractivity contribution < 1.29 is 9.90 Å². The van der Waals surface area contributed by atoms with Crippen LogP contribution < -0.4 is 0 Å². The van der Waals surface area contributed by atoms with Gasteiger partial charge in [0.25, 0.3) is 5.91 Å². The van der Waals surface area contributed by atoms with Gasteiger partial charge in [-0.25, -0.2) is 0 Å². The molecule has 0 radical (unpaired) electrons. The fraction of sp³-hybridized carbons (Fsp3) is 0.400. The van der Waals surface area contributed by atoms with Crippen LogP contribution in [0.1, 0.15) is 41.6 Å². The van der Waals surface area contributed by atoms with Crippen LogP contribution in [0, 0.1) is 6.92 Å². The molecule has 0 spiro atoms. The molecular weight excluding hydrogens is 300 g/mol. The second-order valence-corrected chi connectivity index (χ2v) is 6.92. The smallest absolute Gasteiger partial charge is 0.255 e. The SMILES string of the molecule is Cc1cccc(-c2cncc(C(=O)N(C)CC3(O)CCCC3)c2)c1. The number of benzene rings is 1. The third kappa shape index (κ3) is 3.65. The third-order valence-electron chi connectivity index (χ3n) is 4.75. The van der Waals surface area contributed by atoms with Crippen molar-refractivity contribution in [3.05, 3.63) is 53.9 Å². The van der Waals surface area contributed by atoms with Crippen molar-refractivity contribution in [3.8, 4) is 11.1 Å². The van der Waals surface area contributed by atoms with Crippen molar-refractivity contribution in [1.82, 2.24) is 9.88 Å². The summed E-state index contributed by atoms with van der Waals surface area (Å²) in [6.07, 6.45) is 6.97. The van der Waals surface area contributed by atoms with Gasteiger partial charge in [0.15, 0.2) is 0 Å². The minimum absolute atomic E-state index is 0.0997. The average Bonchev–Trinajstić information content (AvgIpc) is 3.00. The molecular formula is C20H24N2O2. The summed E-state index contributed by atoms with van der Waals surface area (Å²) in [6.45, 7) is 2.42. The second-order valence-electron chi connectivity index (χ2n) is 6.92. The van der Waals surface area contributed by atoms with Gasteiger partial charge in [-0.3, -0.25) is 9.78 Å². The van der Waals surface area contributed by atoms with E-state index in [9.17, 15) is 9.90 Å². The fourth-order valence-electron chi connectivity index (χ4n) is 3.46. The molecule has 0 bridgehead atoms. The van der Waals surface area contributed by atoms with Crippen LogP contribution in [0.25, 0.3) is 11.1 Å². The van der Waals surface area contributed by atoms with Crippen molar-refractivity contribution >= 4 is 5.91 Å². The molecule has 3 rings (SSSR count). The lowest BCUT2D eigenvalue weighted by molar-refractivity contribution is 0.0156. The Bertz CT molecular complexity index is 736. The summed E-state index contributed by atoms with van der Waals surface area (Å²) in [4.78, 5) is 18.5. The third-order valence-corrected chi connectivity index (χ3v) is 4.75. The molecule has 0 atom stereocenters. The lowest BCUT2D eigenvalue weighted by Gasteiger charge is -2.28. The number of aryl methyl sites for hydroxylation is 1. The van der Waals surface area contributed by atoms with Crippen LogP contribution in [0.15, 0.2) is 42.7 Å². The van der Waals surface area contributed by atoms with Gasteiger partial charge < -0.3 is 10.0 Å². The molecule has 1 aliphatic rings. The Hall–Kier alpha value is -2.20. The highest BCUT2D eigenvalue weighted by atomic mass is 16.3. The summed E-state index contributed by atoms with van der Waals surface area (Å²) < 4.78 is 0. The molecule has 1 aromatic carbocycles. The van der Waals surface area contributed by atoms with E-state index in [0.717, 1.165) is 36.8 Å². The maximum atomic E-state index is 12.7. The van der Waals surface area contributed by atoms with Crippen molar-refractivity contribution in [3.63, 3.8) is 0 Å². The Kier molecular flexibility index (Phi) is 4.67. The summed E-state index contributed by atoms with van der Waals surface area (Å²) in [7, 11) is 1.75. The Morgan fingerprint density at radius 3 is 2.67 bits per heavy atom. The van der Waals surface area contributed by atoms with Crippen LogP contribution in [0.4, 0.5) is 0 Å². The number of likely N-dealkylation sites (N-methyl/N-ethyl adjacent to an activating group) is 1. The first-order valence-corrected chi connectivity index (χ1v) is 8.47. The van der Waals surface area contributed by atoms with Gasteiger partial charge in [0.05, 0.1) is 11.2 Å². The Morgan fingerprint density at radius 1 is 1.21 bits per heavy atom. The van der Waals surface area contributed by atoms with E-state index in [1.54, 1.807) is 24.3 Å². The molecule has 2 aromatic rings. The first-order chi connectivity index (χ1) is 11.5. The number of hydrogen-bond donors (Lipinski definition) is 1. The van der Waals surface area contributed by atoms with Crippen LogP contribution >= 0.6 is 0 Å². The topological polar surface area (TPSA) is 53.4 Å². The first kappa shape index (κ1) is 16.7. The number of hydrogen-bond acceptors (Lipinski definition) is 3. The standard InChI is InChI=1S/C20H24N2O2/c1-15-6-5-7-16(10-15)17-11-18(13-21-12-17)19(23)22(2)14-20(24)8-3-4-9-20/h5-7,10-13,24H,3-4,8-9,14H2,1-2H3. The van der Waals surface area contributed by atoms with Crippen LogP contribution in [0.3, 0.4) is 0 Å². The number of aromatic nitrogens is 1. The normalized spacial score (nSPS) is 16.1. The van der Waals surface area contributed by atoms with Crippen LogP contribution in [0.2, 0.25) is 0 Å². The molecule has 126 valence electrons. The van der Waals surface area contributed by atoms with Gasteiger partial charge in [-0.05, 0) is 31.4 Å². The maximum absolute atomic E-state index is 12.7. The van der Waals surface area contributed by atoms with E-state index in [1.807, 2.05) is 31.2 Å². The predicted molar refractivity (Wildman–Crippen MR) is 94.8 cm³/mol. The van der Waals surface area contributed by atoms with Gasteiger partial charge in [-0.1, -0.05) is 42.7 Å². The van der Waals surface area contributed by atoms with Gasteiger partial charge in [0.1, 0.15) is 0 Å². The van der Waals surface area contributed by atoms with Crippen LogP contribution in [-0.4, -0.2) is 40.1 Å². The average molecular weight is 324 g/mol. The summed E-state index contributed by atoms with van der Waals surface area (Å²) in [5.41, 5.74) is 2.97. The number of amides is 1. The molecule has 1 amide bonds. The fourth-order valence-corrected chi connectivity index (χ4v) is 3.46. The molecule has 1 fully saturated rings. The summed E-state index contributed by atoms with van der Waals surface area (Å²) in [5.74, 6) is -0.0997. The Labute approximate surface area is 143 Å². The highest BCUT2D eigenvalue weighted by Crippen LogP contribution is 2.30. The number of nitrogens with zero attached hydrogens (tertiary/aromatic N) is 2. The van der Waals surface area contributed by atoms with Crippen LogP contribution in [0.5, 0.6) is 0 Å². The van der Waals surface area contributed by atoms with E-state index >= 15 is 0 Å². The number of carbonyl (C=O) groups excluding carboxylic acids is 1. The molecule has 1 aromatic heterocycles. The zero-order valence-electron chi connectivity index (χ0n) is 14.3. The first-order valence-electron chi connectivity index (χ1n) is 8.47. The van der Waals surface area contributed by atoms with Crippen molar-refractivity contribution in [2.75, 3.05) is 13.6 Å². The number of pyridine rings is 1. The minimum Gasteiger partial charge on any atom is -0.388 e. The molecule has 4 nitrogen and oxygen atoms in total. The van der Waals surface area contributed by atoms with E-state index in [2.05, 4.69) is 11.1 Å². The van der Waals surface area contributed by atoms with E-state index in [-0.39, 0.29) is 5.91 Å². The second kappa shape index (κ2) is 6.73. The molecule has 1 N–H and O–H groups in total. The van der Waals surface area contributed by atoms with Crippen LogP contribution in [-0.2, 0) is 0 Å². The summed E-state index contributed by atoms with van der Waals surface area (Å²) >= 11 is 0. The molecule has 0 saturated heterocycles. The van der Waals surface area contributed by atoms with Crippen molar-refractivity contribution in [1.29, 1.82) is 0 Å². The largest absolute Gasteiger partial charge is 0.388 e. The Balaban J connectivity index is 1.79. The monoisotopic (exact) mass is 324 g/mol. The summed E-state index contributed by atoms with van der Waals surface area (Å²) in [6, 6.07) is 10.0. The highest BCUT2D eigenvalue weighted by Gasteiger charge is 2.33. The number of carbonyl (C=O) groups is 1. The zero-order chi connectivity index (χ0) is 17.2. The number of aliphatic hydroxyl groups is 1. The highest BCUT2D eigenvalue weighted by molar-refractivity contribution is 5.95. The molecule has 1 heterocycles. The Morgan fingerprint density at radius 2 is 1.96 bits per heavy atom. The quantitative estimate of drug-likeness (QED) is 0.937. The molecule has 1 aliphatic carbocycles. The molecule has 24 heavy (non-hydrogen) atoms. The molecule has 0 unspecified atom stereocenters. The maximum Gasteiger partial charge on any atom is 0.255 e. The van der Waals surface area contributed by atoms with Gasteiger partial charge in [0, 0.05) is 31.5 Å². The zero-order valence-corrected chi connectivity index (χ0v) is 14.3. The number of rotatable bonds is 4. The van der Waals surface area contributed by atoms with Crippen molar-refractivity contribution in [2.45, 2.75) is 38.2 Å². The minimum atomic E-state index is -0.730. The van der Waals surface area contributed by atoms with Gasteiger partial charge in [0.2, 0.25) is 0 Å². The van der Waals surface area contributed by atoms with Crippen molar-refractivity contribution in [2.24, 2.45) is 0 Å². The van der Waals surface area contributed by atoms with E-state index in [4.69, 9.17) is 0 Å². The molecule has 0 aliphatic heterocycles.